The highest BCUT2D eigenvalue weighted by atomic mass is 35.5. The summed E-state index contributed by atoms with van der Waals surface area (Å²) in [6.07, 6.45) is 0.874. The molecule has 3 aromatic carbocycles. The molecule has 2 heterocycles. The number of aryl methyl sites for hydroxylation is 1. The predicted octanol–water partition coefficient (Wildman–Crippen LogP) is 6.29. The van der Waals surface area contributed by atoms with Gasteiger partial charge >= 0.3 is 0 Å². The summed E-state index contributed by atoms with van der Waals surface area (Å²) >= 11 is 6.40. The SMILES string of the molecule is CCCOc1cccc(C2c3c(oc4ccccc4c3=O)C(=O)N2c2ccc(C)c(Cl)c2)c1. The molecule has 0 saturated carbocycles. The maximum Gasteiger partial charge on any atom is 0.295 e. The Hall–Kier alpha value is -3.57. The van der Waals surface area contributed by atoms with Crippen molar-refractivity contribution in [3.8, 4) is 5.75 Å². The van der Waals surface area contributed by atoms with Gasteiger partial charge < -0.3 is 9.15 Å². The van der Waals surface area contributed by atoms with Crippen molar-refractivity contribution in [2.24, 2.45) is 0 Å². The Bertz CT molecular complexity index is 1440. The Morgan fingerprint density at radius 1 is 1.03 bits per heavy atom. The molecule has 0 radical (unpaired) electrons. The number of hydrogen-bond donors (Lipinski definition) is 0. The minimum absolute atomic E-state index is 0.0558. The van der Waals surface area contributed by atoms with Crippen LogP contribution in [0.3, 0.4) is 0 Å². The van der Waals surface area contributed by atoms with Crippen molar-refractivity contribution in [3.63, 3.8) is 0 Å². The molecule has 0 fully saturated rings. The van der Waals surface area contributed by atoms with Crippen LogP contribution in [-0.2, 0) is 0 Å². The van der Waals surface area contributed by atoms with Gasteiger partial charge in [-0.1, -0.05) is 48.9 Å². The standard InChI is InChI=1S/C27H22ClNO4/c1-3-13-32-19-8-6-7-17(14-19)24-23-25(30)20-9-4-5-10-22(20)33-26(23)27(31)29(24)18-12-11-16(2)21(28)15-18/h4-12,14-15,24H,3,13H2,1-2H3. The van der Waals surface area contributed by atoms with E-state index in [1.165, 1.54) is 0 Å². The second-order valence-corrected chi connectivity index (χ2v) is 8.51. The maximum absolute atomic E-state index is 13.6. The lowest BCUT2D eigenvalue weighted by Crippen LogP contribution is -2.29. The number of amides is 1. The first kappa shape index (κ1) is 21.3. The second-order valence-electron chi connectivity index (χ2n) is 8.10. The van der Waals surface area contributed by atoms with Crippen LogP contribution in [0.1, 0.15) is 46.6 Å². The highest BCUT2D eigenvalue weighted by Crippen LogP contribution is 2.42. The molecule has 6 heteroatoms. The molecule has 4 aromatic rings. The lowest BCUT2D eigenvalue weighted by atomic mass is 9.98. The molecule has 5 nitrogen and oxygen atoms in total. The first-order valence-corrected chi connectivity index (χ1v) is 11.3. The van der Waals surface area contributed by atoms with Crippen LogP contribution in [-0.4, -0.2) is 12.5 Å². The molecule has 1 amide bonds. The normalized spacial score (nSPS) is 15.2. The molecule has 166 valence electrons. The van der Waals surface area contributed by atoms with Crippen molar-refractivity contribution < 1.29 is 13.9 Å². The fourth-order valence-corrected chi connectivity index (χ4v) is 4.40. The zero-order valence-corrected chi connectivity index (χ0v) is 19.1. The molecule has 1 aromatic heterocycles. The fraction of sp³-hybridized carbons (Fsp3) is 0.185. The van der Waals surface area contributed by atoms with E-state index < -0.39 is 6.04 Å². The molecule has 0 saturated heterocycles. The number of hydrogen-bond acceptors (Lipinski definition) is 4. The molecule has 1 aliphatic rings. The first-order chi connectivity index (χ1) is 16.0. The summed E-state index contributed by atoms with van der Waals surface area (Å²) in [5, 5.41) is 0.982. The Labute approximate surface area is 196 Å². The summed E-state index contributed by atoms with van der Waals surface area (Å²) in [4.78, 5) is 28.8. The lowest BCUT2D eigenvalue weighted by Gasteiger charge is -2.26. The Morgan fingerprint density at radius 2 is 1.85 bits per heavy atom. The summed E-state index contributed by atoms with van der Waals surface area (Å²) in [6, 6.07) is 19.2. The Balaban J connectivity index is 1.76. The van der Waals surface area contributed by atoms with Crippen molar-refractivity contribution in [2.75, 3.05) is 11.5 Å². The van der Waals surface area contributed by atoms with Gasteiger partial charge in [0, 0.05) is 10.7 Å². The van der Waals surface area contributed by atoms with E-state index in [0.717, 1.165) is 17.5 Å². The molecule has 0 N–H and O–H groups in total. The number of carbonyl (C=O) groups is 1. The molecule has 0 aliphatic carbocycles. The van der Waals surface area contributed by atoms with E-state index in [4.69, 9.17) is 20.8 Å². The van der Waals surface area contributed by atoms with Gasteiger partial charge in [0.1, 0.15) is 11.3 Å². The van der Waals surface area contributed by atoms with Crippen molar-refractivity contribution in [1.29, 1.82) is 0 Å². The van der Waals surface area contributed by atoms with E-state index in [-0.39, 0.29) is 17.1 Å². The summed E-state index contributed by atoms with van der Waals surface area (Å²) in [6.45, 7) is 4.51. The fourth-order valence-electron chi connectivity index (χ4n) is 4.23. The molecule has 33 heavy (non-hydrogen) atoms. The smallest absolute Gasteiger partial charge is 0.295 e. The quantitative estimate of drug-likeness (QED) is 0.351. The van der Waals surface area contributed by atoms with Crippen LogP contribution in [0.2, 0.25) is 5.02 Å². The summed E-state index contributed by atoms with van der Waals surface area (Å²) < 4.78 is 11.8. The Kier molecular flexibility index (Phi) is 5.43. The number of benzene rings is 3. The third-order valence-electron chi connectivity index (χ3n) is 5.86. The lowest BCUT2D eigenvalue weighted by molar-refractivity contribution is 0.0971. The van der Waals surface area contributed by atoms with E-state index in [1.54, 1.807) is 35.2 Å². The maximum atomic E-state index is 13.6. The van der Waals surface area contributed by atoms with Gasteiger partial charge in [0.15, 0.2) is 5.43 Å². The van der Waals surface area contributed by atoms with E-state index in [1.807, 2.05) is 50.2 Å². The number of anilines is 1. The monoisotopic (exact) mass is 459 g/mol. The number of carbonyl (C=O) groups excluding carboxylic acids is 1. The topological polar surface area (TPSA) is 59.8 Å². The van der Waals surface area contributed by atoms with Gasteiger partial charge in [0.25, 0.3) is 5.91 Å². The van der Waals surface area contributed by atoms with E-state index >= 15 is 0 Å². The average Bonchev–Trinajstić information content (AvgIpc) is 3.12. The van der Waals surface area contributed by atoms with Crippen LogP contribution in [0.15, 0.2) is 75.9 Å². The van der Waals surface area contributed by atoms with Crippen LogP contribution in [0.4, 0.5) is 5.69 Å². The highest BCUT2D eigenvalue weighted by Gasteiger charge is 2.43. The molecular formula is C27H22ClNO4. The number of rotatable bonds is 5. The molecule has 1 unspecified atom stereocenters. The first-order valence-electron chi connectivity index (χ1n) is 10.9. The van der Waals surface area contributed by atoms with Gasteiger partial charge in [-0.2, -0.15) is 0 Å². The third-order valence-corrected chi connectivity index (χ3v) is 6.27. The van der Waals surface area contributed by atoms with E-state index in [9.17, 15) is 9.59 Å². The van der Waals surface area contributed by atoms with E-state index in [2.05, 4.69) is 0 Å². The molecule has 5 rings (SSSR count). The van der Waals surface area contributed by atoms with Gasteiger partial charge in [-0.3, -0.25) is 14.5 Å². The van der Waals surface area contributed by atoms with Crippen molar-refractivity contribution in [3.05, 3.63) is 104 Å². The van der Waals surface area contributed by atoms with Crippen LogP contribution >= 0.6 is 11.6 Å². The third kappa shape index (κ3) is 3.58. The summed E-state index contributed by atoms with van der Waals surface area (Å²) in [5.41, 5.74) is 2.74. The molecule has 1 aliphatic heterocycles. The van der Waals surface area contributed by atoms with Gasteiger partial charge in [-0.25, -0.2) is 0 Å². The van der Waals surface area contributed by atoms with Crippen LogP contribution in [0, 0.1) is 6.92 Å². The van der Waals surface area contributed by atoms with Crippen LogP contribution in [0.25, 0.3) is 11.0 Å². The molecule has 0 spiro atoms. The summed E-state index contributed by atoms with van der Waals surface area (Å²) in [5.74, 6) is 0.361. The number of para-hydroxylation sites is 1. The average molecular weight is 460 g/mol. The van der Waals surface area contributed by atoms with Gasteiger partial charge in [0.05, 0.1) is 23.6 Å². The number of fused-ring (bicyclic) bond motifs is 2. The number of ether oxygens (including phenoxy) is 1. The van der Waals surface area contributed by atoms with Gasteiger partial charge in [-0.15, -0.1) is 0 Å². The minimum atomic E-state index is -0.669. The number of nitrogens with zero attached hydrogens (tertiary/aromatic N) is 1. The molecule has 1 atom stereocenters. The van der Waals surface area contributed by atoms with Crippen LogP contribution < -0.4 is 15.1 Å². The van der Waals surface area contributed by atoms with Crippen molar-refractivity contribution in [2.45, 2.75) is 26.3 Å². The van der Waals surface area contributed by atoms with Gasteiger partial charge in [-0.05, 0) is 60.9 Å². The zero-order valence-electron chi connectivity index (χ0n) is 18.3. The van der Waals surface area contributed by atoms with Crippen molar-refractivity contribution in [1.82, 2.24) is 0 Å². The predicted molar refractivity (Wildman–Crippen MR) is 130 cm³/mol. The molecule has 0 bridgehead atoms. The number of halogens is 1. The molecular weight excluding hydrogens is 438 g/mol. The highest BCUT2D eigenvalue weighted by molar-refractivity contribution is 6.31. The van der Waals surface area contributed by atoms with E-state index in [0.29, 0.717) is 39.6 Å². The minimum Gasteiger partial charge on any atom is -0.494 e. The summed E-state index contributed by atoms with van der Waals surface area (Å²) in [7, 11) is 0. The van der Waals surface area contributed by atoms with Gasteiger partial charge in [0.2, 0.25) is 5.76 Å². The van der Waals surface area contributed by atoms with Crippen molar-refractivity contribution >= 4 is 34.2 Å². The second kappa shape index (κ2) is 8.41. The largest absolute Gasteiger partial charge is 0.494 e. The Morgan fingerprint density at radius 3 is 2.64 bits per heavy atom. The van der Waals surface area contributed by atoms with Crippen LogP contribution in [0.5, 0.6) is 5.75 Å². The zero-order chi connectivity index (χ0) is 23.1.